The summed E-state index contributed by atoms with van der Waals surface area (Å²) in [6, 6.07) is -0.00611. The van der Waals surface area contributed by atoms with Gasteiger partial charge < -0.3 is 14.9 Å². The van der Waals surface area contributed by atoms with E-state index in [2.05, 4.69) is 6.58 Å². The number of fused-ring (bicyclic) bond motifs is 2. The summed E-state index contributed by atoms with van der Waals surface area (Å²) in [6.07, 6.45) is 0.0321. The SMILES string of the molecule is B[C@@H]1O[C@@]2(CO)CC(=C)[C@@H]1[C@@H]2O. The molecule has 12 heavy (non-hydrogen) atoms. The summed E-state index contributed by atoms with van der Waals surface area (Å²) in [5.74, 6) is 0.0251. The molecule has 2 aliphatic rings. The quantitative estimate of drug-likeness (QED) is 0.375. The maximum Gasteiger partial charge on any atom is 0.140 e. The predicted molar refractivity (Wildman–Crippen MR) is 46.5 cm³/mol. The molecule has 2 rings (SSSR count). The van der Waals surface area contributed by atoms with E-state index in [0.717, 1.165) is 5.57 Å². The van der Waals surface area contributed by atoms with E-state index >= 15 is 0 Å². The Morgan fingerprint density at radius 1 is 1.75 bits per heavy atom. The van der Waals surface area contributed by atoms with Crippen molar-refractivity contribution in [2.24, 2.45) is 5.92 Å². The van der Waals surface area contributed by atoms with Gasteiger partial charge >= 0.3 is 0 Å². The summed E-state index contributed by atoms with van der Waals surface area (Å²) >= 11 is 0. The van der Waals surface area contributed by atoms with E-state index in [1.807, 2.05) is 7.85 Å². The van der Waals surface area contributed by atoms with Gasteiger partial charge in [0.05, 0.1) is 12.7 Å². The smallest absolute Gasteiger partial charge is 0.140 e. The fourth-order valence-electron chi connectivity index (χ4n) is 2.49. The molecule has 66 valence electrons. The number of aliphatic hydroxyl groups is 2. The molecule has 0 aromatic heterocycles. The lowest BCUT2D eigenvalue weighted by Gasteiger charge is -2.28. The van der Waals surface area contributed by atoms with Gasteiger partial charge in [0, 0.05) is 18.3 Å². The zero-order valence-electron chi connectivity index (χ0n) is 7.16. The summed E-state index contributed by atoms with van der Waals surface area (Å²) in [4.78, 5) is 0. The number of hydrogen-bond donors (Lipinski definition) is 2. The fraction of sp³-hybridized carbons (Fsp3) is 0.750. The molecule has 1 aliphatic carbocycles. The molecule has 1 saturated carbocycles. The van der Waals surface area contributed by atoms with Crippen LogP contribution in [-0.4, -0.2) is 42.4 Å². The molecule has 0 aromatic rings. The molecule has 1 heterocycles. The maximum atomic E-state index is 9.77. The minimum atomic E-state index is -0.735. The van der Waals surface area contributed by atoms with Crippen LogP contribution in [0.3, 0.4) is 0 Å². The van der Waals surface area contributed by atoms with Crippen LogP contribution in [0.25, 0.3) is 0 Å². The molecule has 0 spiro atoms. The van der Waals surface area contributed by atoms with Crippen molar-refractivity contribution < 1.29 is 14.9 Å². The minimum Gasteiger partial charge on any atom is -0.393 e. The van der Waals surface area contributed by atoms with Crippen molar-refractivity contribution in [1.82, 2.24) is 0 Å². The molecule has 2 N–H and O–H groups in total. The molecular formula is C8H13BO3. The van der Waals surface area contributed by atoms with Crippen molar-refractivity contribution in [3.05, 3.63) is 12.2 Å². The van der Waals surface area contributed by atoms with Crippen molar-refractivity contribution in [2.45, 2.75) is 24.1 Å². The van der Waals surface area contributed by atoms with Gasteiger partial charge in [-0.25, -0.2) is 0 Å². The van der Waals surface area contributed by atoms with Crippen LogP contribution in [0, 0.1) is 5.92 Å². The Morgan fingerprint density at radius 2 is 2.42 bits per heavy atom. The van der Waals surface area contributed by atoms with E-state index in [4.69, 9.17) is 9.84 Å². The van der Waals surface area contributed by atoms with E-state index in [1.165, 1.54) is 0 Å². The van der Waals surface area contributed by atoms with Crippen molar-refractivity contribution >= 4 is 7.85 Å². The maximum absolute atomic E-state index is 9.77. The predicted octanol–water partition coefficient (Wildman–Crippen LogP) is -1.36. The second-order valence-corrected chi connectivity index (χ2v) is 3.85. The molecule has 0 unspecified atom stereocenters. The van der Waals surface area contributed by atoms with Crippen LogP contribution in [0.2, 0.25) is 0 Å². The van der Waals surface area contributed by atoms with Gasteiger partial charge in [-0.3, -0.25) is 0 Å². The van der Waals surface area contributed by atoms with Gasteiger partial charge in [-0.15, -0.1) is 0 Å². The lowest BCUT2D eigenvalue weighted by molar-refractivity contribution is -0.0931. The zero-order chi connectivity index (χ0) is 8.93. The first-order chi connectivity index (χ1) is 5.60. The molecule has 0 radical (unpaired) electrons. The first kappa shape index (κ1) is 8.29. The highest BCUT2D eigenvalue weighted by atomic mass is 16.5. The molecule has 1 saturated heterocycles. The van der Waals surface area contributed by atoms with Gasteiger partial charge in [-0.1, -0.05) is 12.2 Å². The summed E-state index contributed by atoms with van der Waals surface area (Å²) in [7, 11) is 1.91. The monoisotopic (exact) mass is 168 g/mol. The Hall–Kier alpha value is -0.315. The number of ether oxygens (including phenoxy) is 1. The zero-order valence-corrected chi connectivity index (χ0v) is 7.16. The van der Waals surface area contributed by atoms with Crippen LogP contribution in [-0.2, 0) is 4.74 Å². The van der Waals surface area contributed by atoms with Gasteiger partial charge in [0.2, 0.25) is 0 Å². The normalized spacial score (nSPS) is 51.8. The van der Waals surface area contributed by atoms with E-state index in [1.54, 1.807) is 0 Å². The average molecular weight is 168 g/mol. The van der Waals surface area contributed by atoms with Crippen molar-refractivity contribution in [3.63, 3.8) is 0 Å². The topological polar surface area (TPSA) is 49.7 Å². The standard InChI is InChI=1S/C8H13BO3/c1-4-2-8(3-10)6(11)5(4)7(9)12-8/h5-7,10-11H,1-3,9H2/t5-,6+,7-,8-/m1/s1. The largest absolute Gasteiger partial charge is 0.393 e. The van der Waals surface area contributed by atoms with Crippen LogP contribution in [0.5, 0.6) is 0 Å². The Labute approximate surface area is 72.4 Å². The molecule has 4 atom stereocenters. The highest BCUT2D eigenvalue weighted by molar-refractivity contribution is 6.11. The van der Waals surface area contributed by atoms with E-state index in [-0.39, 0.29) is 18.5 Å². The van der Waals surface area contributed by atoms with E-state index < -0.39 is 11.7 Å². The summed E-state index contributed by atoms with van der Waals surface area (Å²) in [5, 5.41) is 18.9. The van der Waals surface area contributed by atoms with Crippen LogP contribution in [0.15, 0.2) is 12.2 Å². The third kappa shape index (κ3) is 0.776. The molecule has 2 bridgehead atoms. The van der Waals surface area contributed by atoms with Gasteiger partial charge in [-0.2, -0.15) is 0 Å². The highest BCUT2D eigenvalue weighted by Crippen LogP contribution is 2.49. The Balaban J connectivity index is 2.34. The van der Waals surface area contributed by atoms with Crippen LogP contribution < -0.4 is 0 Å². The van der Waals surface area contributed by atoms with Crippen LogP contribution in [0.4, 0.5) is 0 Å². The molecule has 2 fully saturated rings. The number of rotatable bonds is 1. The van der Waals surface area contributed by atoms with Crippen LogP contribution in [0.1, 0.15) is 6.42 Å². The Morgan fingerprint density at radius 3 is 2.75 bits per heavy atom. The van der Waals surface area contributed by atoms with Crippen molar-refractivity contribution in [3.8, 4) is 0 Å². The van der Waals surface area contributed by atoms with Crippen LogP contribution >= 0.6 is 0 Å². The van der Waals surface area contributed by atoms with Crippen molar-refractivity contribution in [1.29, 1.82) is 0 Å². The third-order valence-corrected chi connectivity index (χ3v) is 3.07. The lowest BCUT2D eigenvalue weighted by Crippen LogP contribution is -2.40. The highest BCUT2D eigenvalue weighted by Gasteiger charge is 2.59. The second kappa shape index (κ2) is 2.34. The fourth-order valence-corrected chi connectivity index (χ4v) is 2.49. The van der Waals surface area contributed by atoms with E-state index in [9.17, 15) is 5.11 Å². The van der Waals surface area contributed by atoms with Gasteiger partial charge in [0.15, 0.2) is 0 Å². The molecule has 0 aromatic carbocycles. The molecule has 0 amide bonds. The van der Waals surface area contributed by atoms with Crippen molar-refractivity contribution in [2.75, 3.05) is 6.61 Å². The second-order valence-electron chi connectivity index (χ2n) is 3.85. The third-order valence-electron chi connectivity index (χ3n) is 3.07. The van der Waals surface area contributed by atoms with Gasteiger partial charge in [-0.05, 0) is 0 Å². The molecular weight excluding hydrogens is 155 g/mol. The summed E-state index contributed by atoms with van der Waals surface area (Å²) in [6.45, 7) is 3.76. The summed E-state index contributed by atoms with van der Waals surface area (Å²) < 4.78 is 5.52. The lowest BCUT2D eigenvalue weighted by atomic mass is 9.83. The first-order valence-electron chi connectivity index (χ1n) is 4.25. The Bertz CT molecular complexity index is 230. The number of hydrogen-bond acceptors (Lipinski definition) is 3. The summed E-state index contributed by atoms with van der Waals surface area (Å²) in [5.41, 5.74) is 0.275. The van der Waals surface area contributed by atoms with E-state index in [0.29, 0.717) is 6.42 Å². The van der Waals surface area contributed by atoms with Gasteiger partial charge in [0.1, 0.15) is 13.4 Å². The Kier molecular flexibility index (Phi) is 1.62. The number of aliphatic hydroxyl groups excluding tert-OH is 2. The molecule has 1 aliphatic heterocycles. The molecule has 4 heteroatoms. The molecule has 3 nitrogen and oxygen atoms in total. The van der Waals surface area contributed by atoms with Gasteiger partial charge in [0.25, 0.3) is 0 Å². The average Bonchev–Trinajstić information content (AvgIpc) is 2.37. The first-order valence-corrected chi connectivity index (χ1v) is 4.25. The minimum absolute atomic E-state index is 0.00611.